The highest BCUT2D eigenvalue weighted by molar-refractivity contribution is 7.86. The Morgan fingerprint density at radius 2 is 1.88 bits per heavy atom. The smallest absolute Gasteiger partial charge is 0.298 e. The van der Waals surface area contributed by atoms with Crippen LogP contribution >= 0.6 is 0 Å². The lowest BCUT2D eigenvalue weighted by Crippen LogP contribution is -2.01. The maximum absolute atomic E-state index is 11.0. The molecule has 16 heavy (non-hydrogen) atoms. The average molecular weight is 238 g/mol. The monoisotopic (exact) mass is 238 g/mol. The molecule has 0 bridgehead atoms. The number of fused-ring (bicyclic) bond motifs is 1. The van der Waals surface area contributed by atoms with Gasteiger partial charge in [-0.1, -0.05) is 24.3 Å². The molecule has 5 nitrogen and oxygen atoms in total. The second-order valence-electron chi connectivity index (χ2n) is 3.24. The Morgan fingerprint density at radius 3 is 2.50 bits per heavy atom. The van der Waals surface area contributed by atoms with Gasteiger partial charge in [-0.3, -0.25) is 4.55 Å². The van der Waals surface area contributed by atoms with Crippen molar-refractivity contribution in [2.75, 3.05) is 5.73 Å². The second-order valence-corrected chi connectivity index (χ2v) is 4.60. The molecule has 0 spiro atoms. The van der Waals surface area contributed by atoms with E-state index in [1.807, 2.05) is 0 Å². The number of rotatable bonds is 1. The fourth-order valence-corrected chi connectivity index (χ4v) is 2.04. The molecule has 0 aliphatic rings. The van der Waals surface area contributed by atoms with Crippen molar-refractivity contribution >= 4 is 26.6 Å². The number of nitrogen functional groups attached to an aromatic ring is 1. The normalized spacial score (nSPS) is 11.8. The largest absolute Gasteiger partial charge is 0.504 e. The SMILES string of the molecule is Nc1c(O)c(S(=O)(=O)O)[c]c2ccccc12. The molecule has 0 aromatic heterocycles. The summed E-state index contributed by atoms with van der Waals surface area (Å²) in [6.45, 7) is 0. The molecule has 2 aromatic carbocycles. The summed E-state index contributed by atoms with van der Waals surface area (Å²) >= 11 is 0. The van der Waals surface area contributed by atoms with Crippen LogP contribution in [0.4, 0.5) is 5.69 Å². The minimum atomic E-state index is -4.53. The summed E-state index contributed by atoms with van der Waals surface area (Å²) in [5.41, 5.74) is 5.47. The first kappa shape index (κ1) is 10.7. The van der Waals surface area contributed by atoms with E-state index in [0.717, 1.165) is 0 Å². The van der Waals surface area contributed by atoms with Crippen molar-refractivity contribution in [3.63, 3.8) is 0 Å². The van der Waals surface area contributed by atoms with Crippen LogP contribution in [0.25, 0.3) is 10.8 Å². The molecule has 1 radical (unpaired) electrons. The molecule has 0 heterocycles. The van der Waals surface area contributed by atoms with Crippen LogP contribution in [0.15, 0.2) is 29.2 Å². The van der Waals surface area contributed by atoms with E-state index in [0.29, 0.717) is 10.8 Å². The Labute approximate surface area is 91.9 Å². The molecule has 0 atom stereocenters. The van der Waals surface area contributed by atoms with Gasteiger partial charge in [-0.25, -0.2) is 0 Å². The molecule has 0 aliphatic heterocycles. The zero-order valence-corrected chi connectivity index (χ0v) is 8.82. The van der Waals surface area contributed by atoms with Crippen LogP contribution in [0.5, 0.6) is 5.75 Å². The van der Waals surface area contributed by atoms with Gasteiger partial charge in [0.1, 0.15) is 4.90 Å². The standard InChI is InChI=1S/C10H8NO4S/c11-9-7-4-2-1-3-6(7)5-8(10(9)12)16(13,14)15/h1-4,12H,11H2,(H,13,14,15). The van der Waals surface area contributed by atoms with E-state index in [1.165, 1.54) is 0 Å². The number of hydrogen-bond acceptors (Lipinski definition) is 4. The van der Waals surface area contributed by atoms with E-state index in [-0.39, 0.29) is 5.69 Å². The quantitative estimate of drug-likeness (QED) is 0.393. The number of aromatic hydroxyl groups is 1. The lowest BCUT2D eigenvalue weighted by Gasteiger charge is -2.07. The number of phenolic OH excluding ortho intramolecular Hbond substituents is 1. The predicted octanol–water partition coefficient (Wildman–Crippen LogP) is 1.17. The van der Waals surface area contributed by atoms with Gasteiger partial charge in [-0.15, -0.1) is 0 Å². The molecule has 0 fully saturated rings. The van der Waals surface area contributed by atoms with Crippen molar-refractivity contribution in [2.45, 2.75) is 4.90 Å². The fourth-order valence-electron chi connectivity index (χ4n) is 1.45. The maximum atomic E-state index is 11.0. The molecule has 0 saturated carbocycles. The molecule has 6 heteroatoms. The van der Waals surface area contributed by atoms with Crippen LogP contribution in [0.3, 0.4) is 0 Å². The molecule has 0 aliphatic carbocycles. The highest BCUT2D eigenvalue weighted by Gasteiger charge is 2.19. The van der Waals surface area contributed by atoms with Crippen molar-refractivity contribution in [3.05, 3.63) is 30.3 Å². The van der Waals surface area contributed by atoms with Gasteiger partial charge in [0.15, 0.2) is 5.75 Å². The summed E-state index contributed by atoms with van der Waals surface area (Å²) in [6.07, 6.45) is 0. The van der Waals surface area contributed by atoms with Gasteiger partial charge in [0.25, 0.3) is 10.1 Å². The molecular formula is C10H8NO4S. The van der Waals surface area contributed by atoms with E-state index in [2.05, 4.69) is 6.07 Å². The molecule has 0 unspecified atom stereocenters. The Hall–Kier alpha value is -1.79. The second kappa shape index (κ2) is 3.36. The van der Waals surface area contributed by atoms with Crippen LogP contribution < -0.4 is 5.73 Å². The van der Waals surface area contributed by atoms with Crippen LogP contribution in [0.2, 0.25) is 0 Å². The number of hydrogen-bond donors (Lipinski definition) is 3. The summed E-state index contributed by atoms with van der Waals surface area (Å²) in [4.78, 5) is -0.705. The van der Waals surface area contributed by atoms with Gasteiger partial charge < -0.3 is 10.8 Å². The Morgan fingerprint density at radius 1 is 1.25 bits per heavy atom. The lowest BCUT2D eigenvalue weighted by atomic mass is 10.1. The summed E-state index contributed by atoms with van der Waals surface area (Å²) in [7, 11) is -4.53. The van der Waals surface area contributed by atoms with Crippen LogP contribution in [0, 0.1) is 6.07 Å². The Balaban J connectivity index is 2.95. The molecule has 0 amide bonds. The molecule has 83 valence electrons. The Bertz CT molecular complexity index is 664. The van der Waals surface area contributed by atoms with Crippen molar-refractivity contribution in [1.82, 2.24) is 0 Å². The highest BCUT2D eigenvalue weighted by atomic mass is 32.2. The van der Waals surface area contributed by atoms with Crippen LogP contribution in [-0.2, 0) is 10.1 Å². The van der Waals surface area contributed by atoms with Gasteiger partial charge in [-0.2, -0.15) is 8.42 Å². The van der Waals surface area contributed by atoms with Crippen molar-refractivity contribution < 1.29 is 18.1 Å². The van der Waals surface area contributed by atoms with Crippen molar-refractivity contribution in [3.8, 4) is 5.75 Å². The van der Waals surface area contributed by atoms with Crippen LogP contribution in [0.1, 0.15) is 0 Å². The third kappa shape index (κ3) is 1.58. The van der Waals surface area contributed by atoms with Gasteiger partial charge in [0.2, 0.25) is 0 Å². The van der Waals surface area contributed by atoms with E-state index in [9.17, 15) is 13.5 Å². The first-order chi connectivity index (χ1) is 7.41. The minimum absolute atomic E-state index is 0.0954. The van der Waals surface area contributed by atoms with Gasteiger partial charge in [0.05, 0.1) is 5.69 Å². The van der Waals surface area contributed by atoms with Crippen molar-refractivity contribution in [1.29, 1.82) is 0 Å². The molecule has 0 saturated heterocycles. The zero-order valence-electron chi connectivity index (χ0n) is 8.01. The van der Waals surface area contributed by atoms with Gasteiger partial charge >= 0.3 is 0 Å². The molecular weight excluding hydrogens is 230 g/mol. The maximum Gasteiger partial charge on any atom is 0.298 e. The summed E-state index contributed by atoms with van der Waals surface area (Å²) in [6, 6.07) is 8.97. The summed E-state index contributed by atoms with van der Waals surface area (Å²) in [5, 5.41) is 10.4. The van der Waals surface area contributed by atoms with Gasteiger partial charge in [0, 0.05) is 11.5 Å². The average Bonchev–Trinajstić information content (AvgIpc) is 2.22. The third-order valence-electron chi connectivity index (χ3n) is 2.19. The topological polar surface area (TPSA) is 101 Å². The van der Waals surface area contributed by atoms with Crippen LogP contribution in [-0.4, -0.2) is 18.1 Å². The van der Waals surface area contributed by atoms with E-state index < -0.39 is 20.8 Å². The van der Waals surface area contributed by atoms with E-state index in [1.54, 1.807) is 24.3 Å². The third-order valence-corrected chi connectivity index (χ3v) is 3.00. The van der Waals surface area contributed by atoms with Crippen molar-refractivity contribution in [2.24, 2.45) is 0 Å². The van der Waals surface area contributed by atoms with E-state index in [4.69, 9.17) is 10.3 Å². The molecule has 4 N–H and O–H groups in total. The number of benzene rings is 2. The summed E-state index contributed by atoms with van der Waals surface area (Å²) < 4.78 is 30.8. The van der Waals surface area contributed by atoms with Gasteiger partial charge in [-0.05, 0) is 5.39 Å². The number of phenols is 1. The molecule has 2 aromatic rings. The Kier molecular flexibility index (Phi) is 2.25. The number of anilines is 1. The van der Waals surface area contributed by atoms with E-state index >= 15 is 0 Å². The zero-order chi connectivity index (χ0) is 11.9. The highest BCUT2D eigenvalue weighted by Crippen LogP contribution is 2.35. The lowest BCUT2D eigenvalue weighted by molar-refractivity contribution is 0.445. The number of nitrogens with two attached hydrogens (primary N) is 1. The fraction of sp³-hybridized carbons (Fsp3) is 0. The first-order valence-corrected chi connectivity index (χ1v) is 5.75. The summed E-state index contributed by atoms with van der Waals surface area (Å²) in [5.74, 6) is -0.679. The predicted molar refractivity (Wildman–Crippen MR) is 58.7 cm³/mol. The minimum Gasteiger partial charge on any atom is -0.504 e. The first-order valence-electron chi connectivity index (χ1n) is 4.31. The molecule has 2 rings (SSSR count).